The first kappa shape index (κ1) is 19.0. The molecule has 0 aliphatic carbocycles. The maximum absolute atomic E-state index is 9.85. The number of nitrogens with zero attached hydrogens (tertiary/aromatic N) is 5. The van der Waals surface area contributed by atoms with Gasteiger partial charge in [0.2, 0.25) is 5.95 Å². The largest absolute Gasteiger partial charge is 0.394 e. The van der Waals surface area contributed by atoms with E-state index >= 15 is 0 Å². The van der Waals surface area contributed by atoms with Crippen molar-refractivity contribution in [3.63, 3.8) is 0 Å². The van der Waals surface area contributed by atoms with Gasteiger partial charge in [0.1, 0.15) is 0 Å². The van der Waals surface area contributed by atoms with Crippen molar-refractivity contribution in [1.29, 1.82) is 0 Å². The smallest absolute Gasteiger partial charge is 0.227 e. The number of hydrogen-bond acceptors (Lipinski definition) is 8. The highest BCUT2D eigenvalue weighted by molar-refractivity contribution is 5.83. The van der Waals surface area contributed by atoms with Gasteiger partial charge >= 0.3 is 0 Å². The SMILES string of the molecule is CC(C)[C@H](CO)Nc1nc(N[C@H](CO)c2ccccc2)c2nnn(C)c2n1. The number of rotatable bonds is 8. The molecule has 4 N–H and O–H groups in total. The van der Waals surface area contributed by atoms with Gasteiger partial charge in [-0.15, -0.1) is 5.10 Å². The fourth-order valence-electron chi connectivity index (χ4n) is 2.75. The van der Waals surface area contributed by atoms with Gasteiger partial charge in [0.05, 0.1) is 25.3 Å². The molecule has 0 aliphatic rings. The normalized spacial score (nSPS) is 13.7. The Morgan fingerprint density at radius 2 is 1.78 bits per heavy atom. The maximum atomic E-state index is 9.85. The second-order valence-electron chi connectivity index (χ2n) is 6.75. The van der Waals surface area contributed by atoms with Crippen LogP contribution in [-0.2, 0) is 7.05 Å². The minimum Gasteiger partial charge on any atom is -0.394 e. The van der Waals surface area contributed by atoms with Gasteiger partial charge in [-0.3, -0.25) is 0 Å². The van der Waals surface area contributed by atoms with Gasteiger partial charge < -0.3 is 20.8 Å². The molecule has 0 bridgehead atoms. The Labute approximate surface area is 157 Å². The van der Waals surface area contributed by atoms with E-state index in [0.29, 0.717) is 22.9 Å². The summed E-state index contributed by atoms with van der Waals surface area (Å²) >= 11 is 0. The van der Waals surface area contributed by atoms with Crippen LogP contribution in [-0.4, -0.2) is 54.4 Å². The number of anilines is 2. The standard InChI is InChI=1S/C18H25N7O2/c1-11(2)13(9-26)20-18-21-16(15-17(22-18)25(3)24-23-15)19-14(10-27)12-7-5-4-6-8-12/h4-8,11,13-14,26-27H,9-10H2,1-3H3,(H2,19,20,21,22)/t13-,14+/m0/s1. The van der Waals surface area contributed by atoms with Crippen molar-refractivity contribution in [1.82, 2.24) is 25.0 Å². The topological polar surface area (TPSA) is 121 Å². The monoisotopic (exact) mass is 371 g/mol. The number of fused-ring (bicyclic) bond motifs is 1. The van der Waals surface area contributed by atoms with Gasteiger partial charge in [-0.25, -0.2) is 4.68 Å². The predicted octanol–water partition coefficient (Wildman–Crippen LogP) is 1.33. The quantitative estimate of drug-likeness (QED) is 0.468. The van der Waals surface area contributed by atoms with Crippen LogP contribution in [0.2, 0.25) is 0 Å². The van der Waals surface area contributed by atoms with Crippen LogP contribution in [0.5, 0.6) is 0 Å². The fraction of sp³-hybridized carbons (Fsp3) is 0.444. The molecule has 0 radical (unpaired) electrons. The highest BCUT2D eigenvalue weighted by Gasteiger charge is 2.20. The molecule has 144 valence electrons. The summed E-state index contributed by atoms with van der Waals surface area (Å²) in [6.07, 6.45) is 0. The number of benzene rings is 1. The molecule has 0 saturated heterocycles. The molecule has 3 aromatic rings. The molecule has 0 spiro atoms. The Kier molecular flexibility index (Phi) is 5.82. The summed E-state index contributed by atoms with van der Waals surface area (Å²) in [7, 11) is 1.75. The Balaban J connectivity index is 1.98. The Hall–Kier alpha value is -2.78. The molecular formula is C18H25N7O2. The summed E-state index contributed by atoms with van der Waals surface area (Å²) in [5, 5.41) is 34.0. The molecule has 0 saturated carbocycles. The highest BCUT2D eigenvalue weighted by Crippen LogP contribution is 2.25. The van der Waals surface area contributed by atoms with Crippen molar-refractivity contribution >= 4 is 22.9 Å². The average molecular weight is 371 g/mol. The van der Waals surface area contributed by atoms with E-state index in [1.165, 1.54) is 0 Å². The number of aliphatic hydroxyl groups is 2. The summed E-state index contributed by atoms with van der Waals surface area (Å²) in [5.74, 6) is 1.04. The average Bonchev–Trinajstić information content (AvgIpc) is 3.05. The summed E-state index contributed by atoms with van der Waals surface area (Å²) in [4.78, 5) is 9.00. The molecule has 0 unspecified atom stereocenters. The minimum absolute atomic E-state index is 0.0330. The zero-order chi connectivity index (χ0) is 19.4. The Morgan fingerprint density at radius 1 is 1.04 bits per heavy atom. The van der Waals surface area contributed by atoms with E-state index in [-0.39, 0.29) is 31.2 Å². The van der Waals surface area contributed by atoms with Crippen LogP contribution in [0, 0.1) is 5.92 Å². The molecule has 9 heteroatoms. The lowest BCUT2D eigenvalue weighted by Crippen LogP contribution is -2.30. The van der Waals surface area contributed by atoms with E-state index in [0.717, 1.165) is 5.56 Å². The molecule has 2 aromatic heterocycles. The van der Waals surface area contributed by atoms with Crippen molar-refractivity contribution in [2.24, 2.45) is 13.0 Å². The van der Waals surface area contributed by atoms with Crippen LogP contribution in [0.4, 0.5) is 11.8 Å². The van der Waals surface area contributed by atoms with Crippen molar-refractivity contribution < 1.29 is 10.2 Å². The molecule has 2 atom stereocenters. The van der Waals surface area contributed by atoms with Crippen LogP contribution in [0.25, 0.3) is 11.2 Å². The highest BCUT2D eigenvalue weighted by atomic mass is 16.3. The van der Waals surface area contributed by atoms with Crippen molar-refractivity contribution in [3.05, 3.63) is 35.9 Å². The van der Waals surface area contributed by atoms with E-state index in [1.807, 2.05) is 44.2 Å². The third-order valence-electron chi connectivity index (χ3n) is 4.46. The molecule has 1 aromatic carbocycles. The lowest BCUT2D eigenvalue weighted by atomic mass is 10.1. The molecule has 2 heterocycles. The van der Waals surface area contributed by atoms with E-state index in [9.17, 15) is 10.2 Å². The summed E-state index contributed by atoms with van der Waals surface area (Å²) in [5.41, 5.74) is 2.00. The second-order valence-corrected chi connectivity index (χ2v) is 6.75. The molecule has 0 amide bonds. The van der Waals surface area contributed by atoms with Crippen molar-refractivity contribution in [2.45, 2.75) is 25.9 Å². The third-order valence-corrected chi connectivity index (χ3v) is 4.46. The Bertz CT molecular complexity index is 882. The first-order valence-electron chi connectivity index (χ1n) is 8.90. The van der Waals surface area contributed by atoms with Crippen LogP contribution in [0.1, 0.15) is 25.5 Å². The summed E-state index contributed by atoms with van der Waals surface area (Å²) < 4.78 is 1.56. The number of hydrogen-bond donors (Lipinski definition) is 4. The van der Waals surface area contributed by atoms with E-state index in [2.05, 4.69) is 30.9 Å². The third kappa shape index (κ3) is 4.15. The molecule has 0 aliphatic heterocycles. The first-order valence-corrected chi connectivity index (χ1v) is 8.90. The van der Waals surface area contributed by atoms with Crippen LogP contribution < -0.4 is 10.6 Å². The number of nitrogens with one attached hydrogen (secondary N) is 2. The van der Waals surface area contributed by atoms with Gasteiger partial charge in [0.25, 0.3) is 0 Å². The molecule has 0 fully saturated rings. The van der Waals surface area contributed by atoms with Crippen molar-refractivity contribution in [2.75, 3.05) is 23.8 Å². The van der Waals surface area contributed by atoms with E-state index in [1.54, 1.807) is 11.7 Å². The lowest BCUT2D eigenvalue weighted by Gasteiger charge is -2.21. The van der Waals surface area contributed by atoms with Crippen LogP contribution in [0.3, 0.4) is 0 Å². The van der Waals surface area contributed by atoms with Crippen LogP contribution in [0.15, 0.2) is 30.3 Å². The van der Waals surface area contributed by atoms with Crippen LogP contribution >= 0.6 is 0 Å². The minimum atomic E-state index is -0.349. The van der Waals surface area contributed by atoms with Gasteiger partial charge in [-0.2, -0.15) is 9.97 Å². The number of aromatic nitrogens is 5. The zero-order valence-electron chi connectivity index (χ0n) is 15.7. The van der Waals surface area contributed by atoms with Crippen molar-refractivity contribution in [3.8, 4) is 0 Å². The number of aryl methyl sites for hydroxylation is 1. The van der Waals surface area contributed by atoms with E-state index < -0.39 is 0 Å². The van der Waals surface area contributed by atoms with E-state index in [4.69, 9.17) is 0 Å². The summed E-state index contributed by atoms with van der Waals surface area (Å²) in [6.45, 7) is 3.88. The molecule has 9 nitrogen and oxygen atoms in total. The molecule has 3 rings (SSSR count). The van der Waals surface area contributed by atoms with Gasteiger partial charge in [-0.1, -0.05) is 49.4 Å². The Morgan fingerprint density at radius 3 is 2.41 bits per heavy atom. The summed E-state index contributed by atoms with van der Waals surface area (Å²) in [6, 6.07) is 9.09. The number of aliphatic hydroxyl groups excluding tert-OH is 2. The predicted molar refractivity (Wildman–Crippen MR) is 103 cm³/mol. The zero-order valence-corrected chi connectivity index (χ0v) is 15.7. The first-order chi connectivity index (χ1) is 13.0. The van der Waals surface area contributed by atoms with Gasteiger partial charge in [-0.05, 0) is 11.5 Å². The molecule has 27 heavy (non-hydrogen) atoms. The van der Waals surface area contributed by atoms with Gasteiger partial charge in [0.15, 0.2) is 17.0 Å². The molecular weight excluding hydrogens is 346 g/mol. The maximum Gasteiger partial charge on any atom is 0.227 e. The fourth-order valence-corrected chi connectivity index (χ4v) is 2.75. The van der Waals surface area contributed by atoms with Gasteiger partial charge in [0, 0.05) is 7.05 Å². The second kappa shape index (κ2) is 8.28. The lowest BCUT2D eigenvalue weighted by molar-refractivity contribution is 0.248.